The van der Waals surface area contributed by atoms with Crippen molar-refractivity contribution in [3.05, 3.63) is 35.9 Å². The molecule has 0 heterocycles. The number of hydrogen-bond acceptors (Lipinski definition) is 2. The van der Waals surface area contributed by atoms with Crippen LogP contribution in [0.25, 0.3) is 0 Å². The third-order valence-electron chi connectivity index (χ3n) is 3.17. The fourth-order valence-electron chi connectivity index (χ4n) is 2.06. The molecule has 0 radical (unpaired) electrons. The van der Waals surface area contributed by atoms with Gasteiger partial charge in [-0.2, -0.15) is 0 Å². The van der Waals surface area contributed by atoms with Crippen LogP contribution >= 0.6 is 0 Å². The van der Waals surface area contributed by atoms with Crippen molar-refractivity contribution < 1.29 is 9.16 Å². The molecule has 0 aliphatic rings. The van der Waals surface area contributed by atoms with E-state index < -0.39 is 8.32 Å². The topological polar surface area (TPSA) is 18.5 Å². The van der Waals surface area contributed by atoms with Crippen molar-refractivity contribution in [2.75, 3.05) is 19.8 Å². The van der Waals surface area contributed by atoms with Gasteiger partial charge in [0.1, 0.15) is 0 Å². The van der Waals surface area contributed by atoms with Crippen LogP contribution < -0.4 is 0 Å². The molecule has 0 aromatic heterocycles. The third-order valence-corrected chi connectivity index (χ3v) is 5.35. The molecule has 0 N–H and O–H groups in total. The summed E-state index contributed by atoms with van der Waals surface area (Å²) >= 11 is 0. The van der Waals surface area contributed by atoms with Gasteiger partial charge < -0.3 is 9.16 Å². The zero-order chi connectivity index (χ0) is 15.1. The second kappa shape index (κ2) is 7.96. The Hall–Kier alpha value is -0.643. The molecule has 0 saturated carbocycles. The highest BCUT2D eigenvalue weighted by Crippen LogP contribution is 2.21. The SMILES string of the molecule is CCCOCC(C)(C)CO[Si](C)(C)Cc1ccccc1. The molecule has 0 bridgehead atoms. The summed E-state index contributed by atoms with van der Waals surface area (Å²) < 4.78 is 12.0. The largest absolute Gasteiger partial charge is 0.416 e. The molecule has 1 aromatic carbocycles. The van der Waals surface area contributed by atoms with E-state index in [1.807, 2.05) is 0 Å². The summed E-state index contributed by atoms with van der Waals surface area (Å²) in [4.78, 5) is 0. The molecule has 0 amide bonds. The van der Waals surface area contributed by atoms with E-state index in [2.05, 4.69) is 64.2 Å². The van der Waals surface area contributed by atoms with Gasteiger partial charge in [0.05, 0.1) is 6.61 Å². The van der Waals surface area contributed by atoms with Crippen LogP contribution in [0.15, 0.2) is 30.3 Å². The minimum atomic E-state index is -1.66. The number of ether oxygens (including phenoxy) is 1. The molecule has 1 rings (SSSR count). The van der Waals surface area contributed by atoms with E-state index in [0.29, 0.717) is 0 Å². The van der Waals surface area contributed by atoms with E-state index in [0.717, 1.165) is 32.3 Å². The molecule has 114 valence electrons. The second-order valence-electron chi connectivity index (χ2n) is 6.93. The molecule has 2 nitrogen and oxygen atoms in total. The predicted molar refractivity (Wildman–Crippen MR) is 88.5 cm³/mol. The minimum absolute atomic E-state index is 0.0934. The quantitative estimate of drug-likeness (QED) is 0.495. The number of benzene rings is 1. The second-order valence-corrected chi connectivity index (χ2v) is 11.1. The zero-order valence-electron chi connectivity index (χ0n) is 13.7. The molecule has 1 aromatic rings. The first kappa shape index (κ1) is 17.4. The predicted octanol–water partition coefficient (Wildman–Crippen LogP) is 4.44. The minimum Gasteiger partial charge on any atom is -0.416 e. The Kier molecular flexibility index (Phi) is 6.93. The molecule has 0 saturated heterocycles. The smallest absolute Gasteiger partial charge is 0.191 e. The summed E-state index contributed by atoms with van der Waals surface area (Å²) in [7, 11) is -1.66. The van der Waals surface area contributed by atoms with Crippen molar-refractivity contribution in [2.45, 2.75) is 46.3 Å². The van der Waals surface area contributed by atoms with Crippen molar-refractivity contribution in [1.82, 2.24) is 0 Å². The average molecular weight is 295 g/mol. The summed E-state index contributed by atoms with van der Waals surface area (Å²) in [6.07, 6.45) is 1.07. The van der Waals surface area contributed by atoms with Gasteiger partial charge in [-0.1, -0.05) is 51.1 Å². The first-order chi connectivity index (χ1) is 9.35. The monoisotopic (exact) mass is 294 g/mol. The standard InChI is InChI=1S/C17H30O2Si/c1-6-12-18-14-17(2,3)15-19-20(4,5)13-16-10-8-7-9-11-16/h7-11H,6,12-15H2,1-5H3. The van der Waals surface area contributed by atoms with Crippen molar-refractivity contribution in [3.63, 3.8) is 0 Å². The number of rotatable bonds is 9. The van der Waals surface area contributed by atoms with Gasteiger partial charge in [0.2, 0.25) is 0 Å². The summed E-state index contributed by atoms with van der Waals surface area (Å²) in [5.74, 6) is 0. The lowest BCUT2D eigenvalue weighted by molar-refractivity contribution is 0.0327. The van der Waals surface area contributed by atoms with Crippen LogP contribution in [0.4, 0.5) is 0 Å². The summed E-state index contributed by atoms with van der Waals surface area (Å²) in [5, 5.41) is 0. The van der Waals surface area contributed by atoms with Gasteiger partial charge >= 0.3 is 0 Å². The van der Waals surface area contributed by atoms with Crippen LogP contribution in [0.1, 0.15) is 32.8 Å². The number of hydrogen-bond donors (Lipinski definition) is 0. The van der Waals surface area contributed by atoms with Gasteiger partial charge in [-0.05, 0) is 31.1 Å². The van der Waals surface area contributed by atoms with Gasteiger partial charge in [-0.3, -0.25) is 0 Å². The Balaban J connectivity index is 2.42. The lowest BCUT2D eigenvalue weighted by atomic mass is 9.97. The molecule has 0 unspecified atom stereocenters. The van der Waals surface area contributed by atoms with Gasteiger partial charge in [0.15, 0.2) is 8.32 Å². The van der Waals surface area contributed by atoms with Crippen LogP contribution in [0, 0.1) is 5.41 Å². The Morgan fingerprint density at radius 3 is 2.30 bits per heavy atom. The lowest BCUT2D eigenvalue weighted by Gasteiger charge is -2.30. The first-order valence-corrected chi connectivity index (χ1v) is 10.7. The Bertz CT molecular complexity index is 374. The molecule has 0 spiro atoms. The first-order valence-electron chi connectivity index (χ1n) is 7.60. The maximum Gasteiger partial charge on any atom is 0.191 e. The van der Waals surface area contributed by atoms with Crippen LogP contribution in [-0.2, 0) is 15.2 Å². The Morgan fingerprint density at radius 1 is 1.05 bits per heavy atom. The summed E-state index contributed by atoms with van der Waals surface area (Å²) in [6, 6.07) is 11.7. The molecular formula is C17H30O2Si. The average Bonchev–Trinajstić information content (AvgIpc) is 2.38. The van der Waals surface area contributed by atoms with E-state index >= 15 is 0 Å². The van der Waals surface area contributed by atoms with Crippen LogP contribution in [0.2, 0.25) is 13.1 Å². The molecule has 3 heteroatoms. The van der Waals surface area contributed by atoms with E-state index in [1.165, 1.54) is 5.56 Å². The van der Waals surface area contributed by atoms with Gasteiger partial charge in [-0.15, -0.1) is 0 Å². The highest BCUT2D eigenvalue weighted by atomic mass is 28.4. The van der Waals surface area contributed by atoms with Crippen LogP contribution in [0.3, 0.4) is 0 Å². The van der Waals surface area contributed by atoms with Crippen LogP contribution in [0.5, 0.6) is 0 Å². The van der Waals surface area contributed by atoms with Crippen LogP contribution in [-0.4, -0.2) is 28.1 Å². The Labute approximate surface area is 125 Å². The summed E-state index contributed by atoms with van der Waals surface area (Å²) in [6.45, 7) is 13.6. The lowest BCUT2D eigenvalue weighted by Crippen LogP contribution is -2.39. The van der Waals surface area contributed by atoms with Gasteiger partial charge in [-0.25, -0.2) is 0 Å². The van der Waals surface area contributed by atoms with Crippen molar-refractivity contribution in [1.29, 1.82) is 0 Å². The van der Waals surface area contributed by atoms with Gasteiger partial charge in [0, 0.05) is 18.6 Å². The maximum atomic E-state index is 6.29. The fraction of sp³-hybridized carbons (Fsp3) is 0.647. The normalized spacial score (nSPS) is 12.7. The van der Waals surface area contributed by atoms with E-state index in [4.69, 9.17) is 9.16 Å². The Morgan fingerprint density at radius 2 is 1.70 bits per heavy atom. The molecule has 0 fully saturated rings. The highest BCUT2D eigenvalue weighted by molar-refractivity contribution is 6.70. The fourth-order valence-corrected chi connectivity index (χ4v) is 4.17. The van der Waals surface area contributed by atoms with E-state index in [1.54, 1.807) is 0 Å². The van der Waals surface area contributed by atoms with E-state index in [-0.39, 0.29) is 5.41 Å². The molecular weight excluding hydrogens is 264 g/mol. The molecule has 0 atom stereocenters. The van der Waals surface area contributed by atoms with Crippen molar-refractivity contribution in [2.24, 2.45) is 5.41 Å². The van der Waals surface area contributed by atoms with Crippen molar-refractivity contribution >= 4 is 8.32 Å². The molecule has 0 aliphatic heterocycles. The maximum absolute atomic E-state index is 6.29. The van der Waals surface area contributed by atoms with E-state index in [9.17, 15) is 0 Å². The van der Waals surface area contributed by atoms with Crippen molar-refractivity contribution in [3.8, 4) is 0 Å². The summed E-state index contributed by atoms with van der Waals surface area (Å²) in [5.41, 5.74) is 1.47. The third kappa shape index (κ3) is 7.22. The zero-order valence-corrected chi connectivity index (χ0v) is 14.7. The molecule has 20 heavy (non-hydrogen) atoms. The highest BCUT2D eigenvalue weighted by Gasteiger charge is 2.27. The van der Waals surface area contributed by atoms with Gasteiger partial charge in [0.25, 0.3) is 0 Å². The molecule has 0 aliphatic carbocycles.